The lowest BCUT2D eigenvalue weighted by Gasteiger charge is -2.21. The molecule has 0 aliphatic carbocycles. The summed E-state index contributed by atoms with van der Waals surface area (Å²) in [7, 11) is 0. The van der Waals surface area contributed by atoms with E-state index >= 15 is 0 Å². The Morgan fingerprint density at radius 3 is 2.62 bits per heavy atom. The van der Waals surface area contributed by atoms with E-state index in [4.69, 9.17) is 4.74 Å². The van der Waals surface area contributed by atoms with Crippen LogP contribution in [-0.4, -0.2) is 32.9 Å². The number of aromatic nitrogens is 3. The highest BCUT2D eigenvalue weighted by molar-refractivity contribution is 5.57. The lowest BCUT2D eigenvalue weighted by molar-refractivity contribution is 0.181. The Balaban J connectivity index is 1.61. The third-order valence-electron chi connectivity index (χ3n) is 4.56. The van der Waals surface area contributed by atoms with Gasteiger partial charge in [0.05, 0.1) is 19.3 Å². The number of ether oxygens (including phenoxy) is 1. The molecule has 1 aromatic carbocycles. The van der Waals surface area contributed by atoms with E-state index in [9.17, 15) is 5.11 Å². The number of benzene rings is 1. The Labute approximate surface area is 140 Å². The summed E-state index contributed by atoms with van der Waals surface area (Å²) in [4.78, 5) is 8.60. The Hall–Kier alpha value is -2.66. The van der Waals surface area contributed by atoms with Gasteiger partial charge in [-0.3, -0.25) is 4.98 Å². The quantitative estimate of drug-likeness (QED) is 0.802. The summed E-state index contributed by atoms with van der Waals surface area (Å²) in [6.07, 6.45) is 8.46. The number of hydrogen-bond acceptors (Lipinski definition) is 4. The van der Waals surface area contributed by atoms with Gasteiger partial charge in [-0.2, -0.15) is 0 Å². The predicted molar refractivity (Wildman–Crippen MR) is 90.6 cm³/mol. The van der Waals surface area contributed by atoms with Gasteiger partial charge in [-0.05, 0) is 48.4 Å². The van der Waals surface area contributed by atoms with Gasteiger partial charge in [-0.1, -0.05) is 0 Å². The van der Waals surface area contributed by atoms with Crippen molar-refractivity contribution in [2.75, 3.05) is 13.2 Å². The van der Waals surface area contributed by atoms with Crippen LogP contribution in [0.4, 0.5) is 0 Å². The van der Waals surface area contributed by atoms with E-state index in [0.717, 1.165) is 24.4 Å². The zero-order chi connectivity index (χ0) is 16.4. The molecule has 0 bridgehead atoms. The van der Waals surface area contributed by atoms with Gasteiger partial charge in [0.15, 0.2) is 0 Å². The minimum atomic E-state index is 0.254. The first-order valence-electron chi connectivity index (χ1n) is 8.10. The number of aromatic hydroxyl groups is 1. The highest BCUT2D eigenvalue weighted by atomic mass is 16.5. The average Bonchev–Trinajstić information content (AvgIpc) is 3.25. The fourth-order valence-electron chi connectivity index (χ4n) is 3.33. The molecule has 0 unspecified atom stereocenters. The van der Waals surface area contributed by atoms with Crippen LogP contribution in [0.3, 0.4) is 0 Å². The minimum absolute atomic E-state index is 0.254. The predicted octanol–water partition coefficient (Wildman–Crippen LogP) is 3.08. The molecule has 0 radical (unpaired) electrons. The number of phenols is 1. The number of rotatable bonds is 4. The summed E-state index contributed by atoms with van der Waals surface area (Å²) in [5.74, 6) is 1.57. The Morgan fingerprint density at radius 1 is 1.04 bits per heavy atom. The fourth-order valence-corrected chi connectivity index (χ4v) is 3.33. The van der Waals surface area contributed by atoms with Crippen molar-refractivity contribution in [2.24, 2.45) is 5.92 Å². The largest absolute Gasteiger partial charge is 0.508 e. The maximum atomic E-state index is 9.49. The molecule has 2 atom stereocenters. The third kappa shape index (κ3) is 2.90. The van der Waals surface area contributed by atoms with Gasteiger partial charge in [0, 0.05) is 36.3 Å². The molecule has 1 fully saturated rings. The maximum absolute atomic E-state index is 9.49. The molecule has 1 aliphatic heterocycles. The Kier molecular flexibility index (Phi) is 4.01. The lowest BCUT2D eigenvalue weighted by Crippen LogP contribution is -2.20. The number of imidazole rings is 1. The molecule has 3 heterocycles. The summed E-state index contributed by atoms with van der Waals surface area (Å²) in [5.41, 5.74) is 2.27. The summed E-state index contributed by atoms with van der Waals surface area (Å²) < 4.78 is 7.97. The summed E-state index contributed by atoms with van der Waals surface area (Å²) >= 11 is 0. The normalized spacial score (nSPS) is 20.3. The topological polar surface area (TPSA) is 60.2 Å². The standard InChI is InChI=1S/C19H19N3O2/c23-17-3-1-15(2-4-17)19-21-9-10-22(19)18-13-24-12-16(18)11-14-5-7-20-8-6-14/h1-10,16,18,23H,11-13H2/t16-,18+/m0/s1. The van der Waals surface area contributed by atoms with Crippen LogP contribution in [0.15, 0.2) is 61.2 Å². The van der Waals surface area contributed by atoms with E-state index in [1.54, 1.807) is 12.1 Å². The number of pyridine rings is 1. The molecule has 5 heteroatoms. The molecule has 2 aromatic heterocycles. The molecule has 5 nitrogen and oxygen atoms in total. The second kappa shape index (κ2) is 6.45. The van der Waals surface area contributed by atoms with E-state index in [1.165, 1.54) is 5.56 Å². The number of hydrogen-bond donors (Lipinski definition) is 1. The van der Waals surface area contributed by atoms with Crippen molar-refractivity contribution in [3.63, 3.8) is 0 Å². The molecule has 0 amide bonds. The summed E-state index contributed by atoms with van der Waals surface area (Å²) in [6, 6.07) is 11.5. The molecule has 1 aliphatic rings. The Morgan fingerprint density at radius 2 is 1.83 bits per heavy atom. The molecule has 0 spiro atoms. The van der Waals surface area contributed by atoms with Gasteiger partial charge in [-0.25, -0.2) is 4.98 Å². The molecule has 0 saturated carbocycles. The maximum Gasteiger partial charge on any atom is 0.140 e. The van der Waals surface area contributed by atoms with Crippen molar-refractivity contribution in [1.82, 2.24) is 14.5 Å². The van der Waals surface area contributed by atoms with Crippen molar-refractivity contribution < 1.29 is 9.84 Å². The lowest BCUT2D eigenvalue weighted by atomic mass is 9.95. The van der Waals surface area contributed by atoms with Crippen LogP contribution in [0.1, 0.15) is 11.6 Å². The zero-order valence-electron chi connectivity index (χ0n) is 13.2. The van der Waals surface area contributed by atoms with E-state index in [0.29, 0.717) is 12.5 Å². The van der Waals surface area contributed by atoms with Crippen LogP contribution < -0.4 is 0 Å². The first kappa shape index (κ1) is 14.9. The summed E-state index contributed by atoms with van der Waals surface area (Å²) in [6.45, 7) is 1.44. The molecule has 122 valence electrons. The van der Waals surface area contributed by atoms with Crippen molar-refractivity contribution in [3.8, 4) is 17.1 Å². The first-order chi connectivity index (χ1) is 11.8. The average molecular weight is 321 g/mol. The van der Waals surface area contributed by atoms with E-state index < -0.39 is 0 Å². The van der Waals surface area contributed by atoms with Gasteiger partial charge in [0.1, 0.15) is 11.6 Å². The van der Waals surface area contributed by atoms with Crippen LogP contribution in [0.25, 0.3) is 11.4 Å². The molecular weight excluding hydrogens is 302 g/mol. The van der Waals surface area contributed by atoms with E-state index in [2.05, 4.69) is 26.7 Å². The van der Waals surface area contributed by atoms with Gasteiger partial charge in [0.2, 0.25) is 0 Å². The van der Waals surface area contributed by atoms with Crippen LogP contribution in [-0.2, 0) is 11.2 Å². The SMILES string of the molecule is Oc1ccc(-c2nccn2[C@@H]2COC[C@@H]2Cc2ccncc2)cc1. The summed E-state index contributed by atoms with van der Waals surface area (Å²) in [5, 5.41) is 9.49. The zero-order valence-corrected chi connectivity index (χ0v) is 13.2. The van der Waals surface area contributed by atoms with Crippen molar-refractivity contribution in [1.29, 1.82) is 0 Å². The van der Waals surface area contributed by atoms with E-state index in [1.807, 2.05) is 36.9 Å². The highest BCUT2D eigenvalue weighted by Gasteiger charge is 2.31. The second-order valence-electron chi connectivity index (χ2n) is 6.13. The highest BCUT2D eigenvalue weighted by Crippen LogP contribution is 2.32. The molecule has 3 aromatic rings. The minimum Gasteiger partial charge on any atom is -0.508 e. The van der Waals surface area contributed by atoms with Crippen LogP contribution in [0.5, 0.6) is 5.75 Å². The molecular formula is C19H19N3O2. The molecule has 1 saturated heterocycles. The fraction of sp³-hybridized carbons (Fsp3) is 0.263. The molecule has 1 N–H and O–H groups in total. The van der Waals surface area contributed by atoms with Gasteiger partial charge < -0.3 is 14.4 Å². The van der Waals surface area contributed by atoms with Crippen molar-refractivity contribution in [2.45, 2.75) is 12.5 Å². The van der Waals surface area contributed by atoms with Gasteiger partial charge in [0.25, 0.3) is 0 Å². The first-order valence-corrected chi connectivity index (χ1v) is 8.10. The van der Waals surface area contributed by atoms with Crippen LogP contribution in [0, 0.1) is 5.92 Å². The monoisotopic (exact) mass is 321 g/mol. The van der Waals surface area contributed by atoms with Crippen molar-refractivity contribution >= 4 is 0 Å². The Bertz CT molecular complexity index is 799. The van der Waals surface area contributed by atoms with E-state index in [-0.39, 0.29) is 11.8 Å². The van der Waals surface area contributed by atoms with Crippen molar-refractivity contribution in [3.05, 3.63) is 66.7 Å². The molecule has 4 rings (SSSR count). The van der Waals surface area contributed by atoms with Gasteiger partial charge >= 0.3 is 0 Å². The smallest absolute Gasteiger partial charge is 0.140 e. The van der Waals surface area contributed by atoms with Crippen LogP contribution >= 0.6 is 0 Å². The number of phenolic OH excluding ortho intramolecular Hbond substituents is 1. The number of nitrogens with zero attached hydrogens (tertiary/aromatic N) is 3. The van der Waals surface area contributed by atoms with Crippen LogP contribution in [0.2, 0.25) is 0 Å². The van der Waals surface area contributed by atoms with Gasteiger partial charge in [-0.15, -0.1) is 0 Å². The molecule has 24 heavy (non-hydrogen) atoms. The third-order valence-corrected chi connectivity index (χ3v) is 4.56. The second-order valence-corrected chi connectivity index (χ2v) is 6.13.